The van der Waals surface area contributed by atoms with E-state index in [-0.39, 0.29) is 24.9 Å². The molecule has 0 unspecified atom stereocenters. The second-order valence-electron chi connectivity index (χ2n) is 13.6. The summed E-state index contributed by atoms with van der Waals surface area (Å²) in [6, 6.07) is 40.5. The molecule has 1 N–H and O–H groups in total. The van der Waals surface area contributed by atoms with Gasteiger partial charge in [-0.15, -0.1) is 0 Å². The molecule has 6 aromatic rings. The lowest BCUT2D eigenvalue weighted by Gasteiger charge is -2.24. The first-order valence-corrected chi connectivity index (χ1v) is 19.6. The van der Waals surface area contributed by atoms with Gasteiger partial charge in [-0.3, -0.25) is 19.6 Å². The number of hydrogen-bond donors (Lipinski definition) is 1. The van der Waals surface area contributed by atoms with Crippen LogP contribution < -0.4 is 29.2 Å². The predicted octanol–water partition coefficient (Wildman–Crippen LogP) is 8.98. The topological polar surface area (TPSA) is 135 Å². The maximum absolute atomic E-state index is 12.7. The van der Waals surface area contributed by atoms with Crippen molar-refractivity contribution in [1.82, 2.24) is 0 Å². The van der Waals surface area contributed by atoms with Crippen LogP contribution in [0.2, 0.25) is 0 Å². The fraction of sp³-hybridized carbons (Fsp3) is 0.146. The third kappa shape index (κ3) is 8.08. The molecule has 0 aliphatic carbocycles. The smallest absolute Gasteiger partial charge is 0.248 e. The summed E-state index contributed by atoms with van der Waals surface area (Å²) in [7, 11) is 8.13. The van der Waals surface area contributed by atoms with E-state index in [0.29, 0.717) is 56.9 Å². The van der Waals surface area contributed by atoms with Crippen molar-refractivity contribution in [1.29, 1.82) is 5.26 Å². The van der Waals surface area contributed by atoms with E-state index in [2.05, 4.69) is 37.3 Å². The average Bonchev–Trinajstić information content (AvgIpc) is 3.53. The standard InChI is InChI=1S/C25H21N3O3.C23H19BrN2O3/c1-28-19-13-20(30-2)22(17-9-5-4-6-10-17)25(31-3)23(19)24(27-15-21(28)29)18-11-7-8-16(12-18)14-26;1-28-18-12-17-21(23(29-2)20(18)14-7-4-3-5-8-14)22(25-13-19(27)26-17)15-9-6-10-16(24)11-15/h4-13H,15H2,1-3H3;3-12H,13H2,1-2H3,(H,26,27). The van der Waals surface area contributed by atoms with Crippen LogP contribution in [0.15, 0.2) is 136 Å². The number of nitrogens with one attached hydrogen (secondary N) is 1. The molecule has 0 atom stereocenters. The highest BCUT2D eigenvalue weighted by molar-refractivity contribution is 9.10. The van der Waals surface area contributed by atoms with Crippen molar-refractivity contribution < 1.29 is 28.5 Å². The van der Waals surface area contributed by atoms with Gasteiger partial charge in [0.1, 0.15) is 36.1 Å². The van der Waals surface area contributed by atoms with Crippen LogP contribution in [0.3, 0.4) is 0 Å². The molecule has 0 fully saturated rings. The van der Waals surface area contributed by atoms with Crippen LogP contribution in [-0.2, 0) is 9.59 Å². The molecule has 11 nitrogen and oxygen atoms in total. The molecule has 2 aliphatic heterocycles. The van der Waals surface area contributed by atoms with E-state index in [4.69, 9.17) is 18.9 Å². The molecule has 8 rings (SSSR count). The van der Waals surface area contributed by atoms with Crippen LogP contribution in [-0.4, -0.2) is 71.8 Å². The van der Waals surface area contributed by atoms with Gasteiger partial charge in [0.05, 0.1) is 85.1 Å². The summed E-state index contributed by atoms with van der Waals surface area (Å²) in [5.74, 6) is 2.03. The lowest BCUT2D eigenvalue weighted by atomic mass is 9.92. The molecule has 0 bridgehead atoms. The first-order valence-electron chi connectivity index (χ1n) is 18.8. The molecule has 12 heteroatoms. The summed E-state index contributed by atoms with van der Waals surface area (Å²) >= 11 is 3.52. The Morgan fingerprint density at radius 2 is 1.15 bits per heavy atom. The molecule has 0 saturated heterocycles. The van der Waals surface area contributed by atoms with Crippen molar-refractivity contribution in [3.63, 3.8) is 0 Å². The van der Waals surface area contributed by atoms with Gasteiger partial charge in [-0.25, -0.2) is 0 Å². The molecule has 2 amide bonds. The number of nitrogens with zero attached hydrogens (tertiary/aromatic N) is 4. The quantitative estimate of drug-likeness (QED) is 0.162. The minimum absolute atomic E-state index is 0.0105. The van der Waals surface area contributed by atoms with Gasteiger partial charge in [0, 0.05) is 34.8 Å². The highest BCUT2D eigenvalue weighted by Crippen LogP contribution is 2.48. The van der Waals surface area contributed by atoms with Crippen molar-refractivity contribution in [3.05, 3.63) is 154 Å². The van der Waals surface area contributed by atoms with Crippen molar-refractivity contribution in [3.8, 4) is 51.3 Å². The normalized spacial score (nSPS) is 13.1. The Labute approximate surface area is 356 Å². The fourth-order valence-electron chi connectivity index (χ4n) is 7.30. The number of likely N-dealkylation sites (N-methyl/N-ethyl adjacent to an activating group) is 1. The molecule has 0 spiro atoms. The number of benzodiazepines with no additional fused rings is 2. The minimum atomic E-state index is -0.187. The number of carbonyl (C=O) groups is 2. The largest absolute Gasteiger partial charge is 0.496 e. The number of aliphatic imine (C=N–C) groups is 2. The van der Waals surface area contributed by atoms with E-state index in [0.717, 1.165) is 43.4 Å². The summed E-state index contributed by atoms with van der Waals surface area (Å²) < 4.78 is 24.1. The summed E-state index contributed by atoms with van der Waals surface area (Å²) in [5.41, 5.74) is 9.56. The van der Waals surface area contributed by atoms with E-state index < -0.39 is 0 Å². The van der Waals surface area contributed by atoms with Gasteiger partial charge in [0.2, 0.25) is 11.8 Å². The third-order valence-electron chi connectivity index (χ3n) is 10.0. The first-order chi connectivity index (χ1) is 29.2. The van der Waals surface area contributed by atoms with Crippen molar-refractivity contribution in [2.75, 3.05) is 58.8 Å². The van der Waals surface area contributed by atoms with Gasteiger partial charge < -0.3 is 29.2 Å². The Balaban J connectivity index is 0.000000182. The summed E-state index contributed by atoms with van der Waals surface area (Å²) in [6.07, 6.45) is 0. The van der Waals surface area contributed by atoms with Crippen molar-refractivity contribution >= 4 is 50.5 Å². The molecule has 0 saturated carbocycles. The molecule has 2 heterocycles. The van der Waals surface area contributed by atoms with Crippen LogP contribution >= 0.6 is 15.9 Å². The Kier molecular flexibility index (Phi) is 12.4. The van der Waals surface area contributed by atoms with E-state index in [1.807, 2.05) is 103 Å². The maximum Gasteiger partial charge on any atom is 0.248 e. The number of halogens is 1. The number of benzene rings is 6. The van der Waals surface area contributed by atoms with E-state index in [1.54, 1.807) is 58.6 Å². The number of nitriles is 1. The van der Waals surface area contributed by atoms with Crippen LogP contribution in [0.25, 0.3) is 22.3 Å². The van der Waals surface area contributed by atoms with Gasteiger partial charge in [0.15, 0.2) is 0 Å². The van der Waals surface area contributed by atoms with Crippen LogP contribution in [0.1, 0.15) is 27.8 Å². The van der Waals surface area contributed by atoms with Gasteiger partial charge in [-0.2, -0.15) is 5.26 Å². The molecule has 60 heavy (non-hydrogen) atoms. The highest BCUT2D eigenvalue weighted by atomic mass is 79.9. The molecule has 0 aromatic heterocycles. The van der Waals surface area contributed by atoms with Gasteiger partial charge in [-0.05, 0) is 35.4 Å². The van der Waals surface area contributed by atoms with E-state index in [9.17, 15) is 14.9 Å². The van der Waals surface area contributed by atoms with Gasteiger partial charge >= 0.3 is 0 Å². The zero-order valence-electron chi connectivity index (χ0n) is 33.6. The molecular formula is C48H40BrN5O6. The monoisotopic (exact) mass is 861 g/mol. The number of ether oxygens (including phenoxy) is 4. The Morgan fingerprint density at radius 3 is 1.73 bits per heavy atom. The number of amides is 2. The van der Waals surface area contributed by atoms with Crippen LogP contribution in [0, 0.1) is 11.3 Å². The Bertz CT molecular complexity index is 2710. The molecule has 300 valence electrons. The Morgan fingerprint density at radius 1 is 0.617 bits per heavy atom. The second-order valence-corrected chi connectivity index (χ2v) is 14.5. The first kappa shape index (κ1) is 40.9. The SMILES string of the molecule is COc1cc2c(c(OC)c1-c1ccccc1)C(c1cccc(Br)c1)=NCC(=O)N2.COc1cc2c(c(OC)c1-c1ccccc1)C(c1cccc(C#N)c1)=NCC(=O)N2C. The molecule has 0 radical (unpaired) electrons. The average molecular weight is 863 g/mol. The second kappa shape index (κ2) is 18.1. The Hall–Kier alpha value is -7.23. The van der Waals surface area contributed by atoms with Crippen molar-refractivity contribution in [2.24, 2.45) is 9.98 Å². The lowest BCUT2D eigenvalue weighted by Crippen LogP contribution is -2.28. The number of methoxy groups -OCH3 is 4. The number of anilines is 2. The molecule has 2 aliphatic rings. The van der Waals surface area contributed by atoms with E-state index >= 15 is 0 Å². The van der Waals surface area contributed by atoms with Crippen LogP contribution in [0.4, 0.5) is 11.4 Å². The zero-order chi connectivity index (χ0) is 42.3. The number of fused-ring (bicyclic) bond motifs is 2. The number of rotatable bonds is 8. The zero-order valence-corrected chi connectivity index (χ0v) is 35.2. The van der Waals surface area contributed by atoms with Gasteiger partial charge in [0.25, 0.3) is 0 Å². The fourth-order valence-corrected chi connectivity index (χ4v) is 7.70. The van der Waals surface area contributed by atoms with Gasteiger partial charge in [-0.1, -0.05) is 101 Å². The predicted molar refractivity (Wildman–Crippen MR) is 238 cm³/mol. The van der Waals surface area contributed by atoms with Crippen molar-refractivity contribution in [2.45, 2.75) is 0 Å². The summed E-state index contributed by atoms with van der Waals surface area (Å²) in [4.78, 5) is 35.9. The van der Waals surface area contributed by atoms with Crippen LogP contribution in [0.5, 0.6) is 23.0 Å². The number of carbonyl (C=O) groups excluding carboxylic acids is 2. The summed E-state index contributed by atoms with van der Waals surface area (Å²) in [6.45, 7) is 0.0199. The highest BCUT2D eigenvalue weighted by Gasteiger charge is 2.31. The summed E-state index contributed by atoms with van der Waals surface area (Å²) in [5, 5.41) is 12.3. The molecule has 6 aromatic carbocycles. The third-order valence-corrected chi connectivity index (χ3v) is 10.5. The number of hydrogen-bond acceptors (Lipinski definition) is 9. The molecular weight excluding hydrogens is 822 g/mol. The van der Waals surface area contributed by atoms with E-state index in [1.165, 1.54) is 0 Å². The minimum Gasteiger partial charge on any atom is -0.496 e. The lowest BCUT2D eigenvalue weighted by molar-refractivity contribution is -0.117. The maximum atomic E-state index is 12.7.